The summed E-state index contributed by atoms with van der Waals surface area (Å²) in [5.74, 6) is 1.75. The normalized spacial score (nSPS) is 12.7. The minimum atomic E-state index is 0.445. The number of para-hydroxylation sites is 1. The Morgan fingerprint density at radius 1 is 1.12 bits per heavy atom. The molecule has 0 fully saturated rings. The summed E-state index contributed by atoms with van der Waals surface area (Å²) < 4.78 is 5.79. The SMILES string of the molecule is CCC(CC)CC(COc1ccccc1)NC. The van der Waals surface area contributed by atoms with Crippen molar-refractivity contribution in [2.75, 3.05) is 13.7 Å². The summed E-state index contributed by atoms with van der Waals surface area (Å²) in [6.07, 6.45) is 3.69. The zero-order chi connectivity index (χ0) is 12.5. The number of rotatable bonds is 8. The van der Waals surface area contributed by atoms with Gasteiger partial charge in [0.05, 0.1) is 0 Å². The lowest BCUT2D eigenvalue weighted by atomic mass is 9.95. The molecule has 2 nitrogen and oxygen atoms in total. The number of likely N-dealkylation sites (N-methyl/N-ethyl adjacent to an activating group) is 1. The second-order valence-corrected chi connectivity index (χ2v) is 4.53. The van der Waals surface area contributed by atoms with E-state index in [1.165, 1.54) is 19.3 Å². The largest absolute Gasteiger partial charge is 0.492 e. The van der Waals surface area contributed by atoms with E-state index in [-0.39, 0.29) is 0 Å². The van der Waals surface area contributed by atoms with Gasteiger partial charge in [-0.2, -0.15) is 0 Å². The molecule has 0 spiro atoms. The van der Waals surface area contributed by atoms with Crippen molar-refractivity contribution in [3.8, 4) is 5.75 Å². The number of ether oxygens (including phenoxy) is 1. The van der Waals surface area contributed by atoms with Gasteiger partial charge in [0.15, 0.2) is 0 Å². The molecule has 1 unspecified atom stereocenters. The van der Waals surface area contributed by atoms with Crippen molar-refractivity contribution < 1.29 is 4.74 Å². The van der Waals surface area contributed by atoms with Crippen molar-refractivity contribution in [1.29, 1.82) is 0 Å². The van der Waals surface area contributed by atoms with Crippen LogP contribution in [-0.2, 0) is 0 Å². The van der Waals surface area contributed by atoms with Crippen LogP contribution in [0.3, 0.4) is 0 Å². The van der Waals surface area contributed by atoms with Crippen LogP contribution >= 0.6 is 0 Å². The third kappa shape index (κ3) is 5.22. The van der Waals surface area contributed by atoms with E-state index in [1.807, 2.05) is 37.4 Å². The molecule has 96 valence electrons. The van der Waals surface area contributed by atoms with Crippen LogP contribution in [0.5, 0.6) is 5.75 Å². The van der Waals surface area contributed by atoms with Gasteiger partial charge in [-0.25, -0.2) is 0 Å². The van der Waals surface area contributed by atoms with Gasteiger partial charge in [-0.1, -0.05) is 44.9 Å². The number of hydrogen-bond donors (Lipinski definition) is 1. The van der Waals surface area contributed by atoms with Crippen molar-refractivity contribution in [2.45, 2.75) is 39.2 Å². The van der Waals surface area contributed by atoms with Crippen LogP contribution in [0.15, 0.2) is 30.3 Å². The predicted octanol–water partition coefficient (Wildman–Crippen LogP) is 3.48. The first-order chi connectivity index (χ1) is 8.30. The summed E-state index contributed by atoms with van der Waals surface area (Å²) in [4.78, 5) is 0. The lowest BCUT2D eigenvalue weighted by molar-refractivity contribution is 0.241. The molecule has 0 amide bonds. The van der Waals surface area contributed by atoms with Gasteiger partial charge in [0.25, 0.3) is 0 Å². The fourth-order valence-corrected chi connectivity index (χ4v) is 2.01. The van der Waals surface area contributed by atoms with E-state index < -0.39 is 0 Å². The lowest BCUT2D eigenvalue weighted by Crippen LogP contribution is -2.33. The predicted molar refractivity (Wildman–Crippen MR) is 73.5 cm³/mol. The summed E-state index contributed by atoms with van der Waals surface area (Å²) in [5, 5.41) is 3.35. The van der Waals surface area contributed by atoms with Gasteiger partial charge in [0.2, 0.25) is 0 Å². The molecular formula is C15H25NO. The van der Waals surface area contributed by atoms with E-state index in [0.717, 1.165) is 18.3 Å². The van der Waals surface area contributed by atoms with Crippen LogP contribution in [-0.4, -0.2) is 19.7 Å². The van der Waals surface area contributed by atoms with Crippen LogP contribution in [0.1, 0.15) is 33.1 Å². The molecule has 0 aliphatic rings. The minimum absolute atomic E-state index is 0.445. The summed E-state index contributed by atoms with van der Waals surface area (Å²) in [6.45, 7) is 5.27. The number of benzene rings is 1. The summed E-state index contributed by atoms with van der Waals surface area (Å²) in [6, 6.07) is 10.5. The fraction of sp³-hybridized carbons (Fsp3) is 0.600. The first-order valence-electron chi connectivity index (χ1n) is 6.65. The molecule has 0 aromatic heterocycles. The maximum atomic E-state index is 5.79. The quantitative estimate of drug-likeness (QED) is 0.745. The van der Waals surface area contributed by atoms with Crippen molar-refractivity contribution in [3.05, 3.63) is 30.3 Å². The van der Waals surface area contributed by atoms with Gasteiger partial charge in [-0.3, -0.25) is 0 Å². The van der Waals surface area contributed by atoms with E-state index in [4.69, 9.17) is 4.74 Å². The lowest BCUT2D eigenvalue weighted by Gasteiger charge is -2.21. The summed E-state index contributed by atoms with van der Waals surface area (Å²) >= 11 is 0. The van der Waals surface area contributed by atoms with Gasteiger partial charge < -0.3 is 10.1 Å². The molecule has 1 aromatic rings. The Hall–Kier alpha value is -1.02. The van der Waals surface area contributed by atoms with E-state index in [1.54, 1.807) is 0 Å². The van der Waals surface area contributed by atoms with Gasteiger partial charge in [0.1, 0.15) is 12.4 Å². The Bertz CT molecular complexity index is 282. The van der Waals surface area contributed by atoms with Gasteiger partial charge in [0, 0.05) is 6.04 Å². The smallest absolute Gasteiger partial charge is 0.119 e. The van der Waals surface area contributed by atoms with Crippen molar-refractivity contribution in [3.63, 3.8) is 0 Å². The summed E-state index contributed by atoms with van der Waals surface area (Å²) in [5.41, 5.74) is 0. The van der Waals surface area contributed by atoms with Gasteiger partial charge >= 0.3 is 0 Å². The van der Waals surface area contributed by atoms with E-state index >= 15 is 0 Å². The fourth-order valence-electron chi connectivity index (χ4n) is 2.01. The second-order valence-electron chi connectivity index (χ2n) is 4.53. The highest BCUT2D eigenvalue weighted by Crippen LogP contribution is 2.16. The highest BCUT2D eigenvalue weighted by atomic mass is 16.5. The maximum Gasteiger partial charge on any atom is 0.119 e. The average molecular weight is 235 g/mol. The maximum absolute atomic E-state index is 5.79. The van der Waals surface area contributed by atoms with E-state index in [9.17, 15) is 0 Å². The highest BCUT2D eigenvalue weighted by Gasteiger charge is 2.13. The van der Waals surface area contributed by atoms with Crippen molar-refractivity contribution >= 4 is 0 Å². The molecule has 0 heterocycles. The minimum Gasteiger partial charge on any atom is -0.492 e. The molecule has 0 aliphatic heterocycles. The molecule has 1 N–H and O–H groups in total. The Morgan fingerprint density at radius 3 is 2.29 bits per heavy atom. The molecule has 0 radical (unpaired) electrons. The molecule has 17 heavy (non-hydrogen) atoms. The third-order valence-corrected chi connectivity index (χ3v) is 3.38. The molecule has 1 aromatic carbocycles. The zero-order valence-electron chi connectivity index (χ0n) is 11.3. The molecule has 2 heteroatoms. The first-order valence-corrected chi connectivity index (χ1v) is 6.65. The zero-order valence-corrected chi connectivity index (χ0v) is 11.3. The Kier molecular flexibility index (Phi) is 6.71. The third-order valence-electron chi connectivity index (χ3n) is 3.38. The molecular weight excluding hydrogens is 210 g/mol. The second kappa shape index (κ2) is 8.13. The van der Waals surface area contributed by atoms with Crippen molar-refractivity contribution in [2.24, 2.45) is 5.92 Å². The van der Waals surface area contributed by atoms with Crippen LogP contribution in [0.25, 0.3) is 0 Å². The van der Waals surface area contributed by atoms with Crippen LogP contribution in [0.4, 0.5) is 0 Å². The topological polar surface area (TPSA) is 21.3 Å². The van der Waals surface area contributed by atoms with Crippen LogP contribution < -0.4 is 10.1 Å². The number of nitrogens with one attached hydrogen (secondary N) is 1. The molecule has 1 rings (SSSR count). The van der Waals surface area contributed by atoms with E-state index in [0.29, 0.717) is 6.04 Å². The molecule has 1 atom stereocenters. The average Bonchev–Trinajstić information content (AvgIpc) is 2.40. The van der Waals surface area contributed by atoms with E-state index in [2.05, 4.69) is 19.2 Å². The number of hydrogen-bond acceptors (Lipinski definition) is 2. The highest BCUT2D eigenvalue weighted by molar-refractivity contribution is 5.20. The molecule has 0 aliphatic carbocycles. The monoisotopic (exact) mass is 235 g/mol. The van der Waals surface area contributed by atoms with Crippen LogP contribution in [0.2, 0.25) is 0 Å². The Morgan fingerprint density at radius 2 is 1.76 bits per heavy atom. The van der Waals surface area contributed by atoms with Crippen LogP contribution in [0, 0.1) is 5.92 Å². The Balaban J connectivity index is 2.37. The van der Waals surface area contributed by atoms with Crippen molar-refractivity contribution in [1.82, 2.24) is 5.32 Å². The van der Waals surface area contributed by atoms with Gasteiger partial charge in [-0.15, -0.1) is 0 Å². The summed E-state index contributed by atoms with van der Waals surface area (Å²) in [7, 11) is 2.02. The molecule has 0 saturated carbocycles. The standard InChI is InChI=1S/C15H25NO/c1-4-13(5-2)11-14(16-3)12-17-15-9-7-6-8-10-15/h6-10,13-14,16H,4-5,11-12H2,1-3H3. The molecule has 0 saturated heterocycles. The molecule has 0 bridgehead atoms. The Labute approximate surface area is 105 Å². The first kappa shape index (κ1) is 14.0. The van der Waals surface area contributed by atoms with Gasteiger partial charge in [-0.05, 0) is 31.5 Å².